The van der Waals surface area contributed by atoms with E-state index >= 15 is 0 Å². The van der Waals surface area contributed by atoms with Crippen molar-refractivity contribution in [1.29, 1.82) is 0 Å². The van der Waals surface area contributed by atoms with Crippen molar-refractivity contribution in [2.75, 3.05) is 0 Å². The number of carboxylic acids is 1. The fraction of sp³-hybridized carbons (Fsp3) is 0.850. The fourth-order valence-electron chi connectivity index (χ4n) is 7.61. The van der Waals surface area contributed by atoms with Crippen LogP contribution < -0.4 is 0 Å². The second-order valence-electron chi connectivity index (χ2n) is 9.62. The molecular weight excluding hydrogens is 288 g/mol. The quantitative estimate of drug-likeness (QED) is 0.714. The second-order valence-corrected chi connectivity index (χ2v) is 9.62. The number of carboxylic acid groups (broad SMARTS) is 1. The Morgan fingerprint density at radius 1 is 1.13 bits per heavy atom. The summed E-state index contributed by atoms with van der Waals surface area (Å²) in [6, 6.07) is 0. The summed E-state index contributed by atoms with van der Waals surface area (Å²) < 4.78 is 0. The summed E-state index contributed by atoms with van der Waals surface area (Å²) in [6.07, 6.45) is 8.75. The van der Waals surface area contributed by atoms with Gasteiger partial charge in [0.05, 0.1) is 11.0 Å². The van der Waals surface area contributed by atoms with Crippen LogP contribution in [0.15, 0.2) is 12.2 Å². The van der Waals surface area contributed by atoms with Gasteiger partial charge in [0.25, 0.3) is 0 Å². The molecule has 3 unspecified atom stereocenters. The molecule has 0 aromatic carbocycles. The Hall–Kier alpha value is -0.830. The minimum absolute atomic E-state index is 0.107. The van der Waals surface area contributed by atoms with Crippen molar-refractivity contribution < 1.29 is 15.0 Å². The first kappa shape index (κ1) is 15.7. The van der Waals surface area contributed by atoms with Gasteiger partial charge >= 0.3 is 5.97 Å². The molecule has 23 heavy (non-hydrogen) atoms. The van der Waals surface area contributed by atoms with Crippen molar-refractivity contribution >= 4 is 5.97 Å². The molecule has 0 aliphatic heterocycles. The Bertz CT molecular complexity index is 583. The molecule has 128 valence electrons. The summed E-state index contributed by atoms with van der Waals surface area (Å²) in [4.78, 5) is 12.0. The van der Waals surface area contributed by atoms with E-state index in [-0.39, 0.29) is 16.7 Å². The first-order valence-corrected chi connectivity index (χ1v) is 9.30. The standard InChI is InChI=1S/C20H30O3/c1-13-11-19-9-5-14-17(2,7-4-8-18(14,3)16(21)22)15(19)6-10-20(13,23)12-19/h14-15,23H,1,4-12H2,2-3H3,(H,21,22)/t14-,15?,17?,18?,19+,20-/m0/s1. The summed E-state index contributed by atoms with van der Waals surface area (Å²) in [5.41, 5.74) is 0.128. The van der Waals surface area contributed by atoms with Crippen LogP contribution in [0.4, 0.5) is 0 Å². The molecule has 0 radical (unpaired) electrons. The fourth-order valence-corrected chi connectivity index (χ4v) is 7.61. The number of hydrogen-bond donors (Lipinski definition) is 2. The first-order valence-electron chi connectivity index (χ1n) is 9.30. The van der Waals surface area contributed by atoms with Gasteiger partial charge in [-0.25, -0.2) is 0 Å². The molecule has 1 spiro atoms. The van der Waals surface area contributed by atoms with E-state index in [4.69, 9.17) is 0 Å². The summed E-state index contributed by atoms with van der Waals surface area (Å²) >= 11 is 0. The molecule has 4 saturated carbocycles. The predicted molar refractivity (Wildman–Crippen MR) is 88.9 cm³/mol. The van der Waals surface area contributed by atoms with E-state index in [0.717, 1.165) is 63.4 Å². The number of fused-ring (bicyclic) bond motifs is 3. The zero-order valence-electron chi connectivity index (χ0n) is 14.5. The van der Waals surface area contributed by atoms with Crippen LogP contribution in [0.25, 0.3) is 0 Å². The Kier molecular flexibility index (Phi) is 3.01. The Morgan fingerprint density at radius 3 is 2.52 bits per heavy atom. The summed E-state index contributed by atoms with van der Waals surface area (Å²) in [6.45, 7) is 8.55. The lowest BCUT2D eigenvalue weighted by atomic mass is 9.41. The van der Waals surface area contributed by atoms with Crippen LogP contribution in [-0.4, -0.2) is 21.8 Å². The van der Waals surface area contributed by atoms with E-state index in [0.29, 0.717) is 5.92 Å². The molecule has 4 aliphatic carbocycles. The highest BCUT2D eigenvalue weighted by atomic mass is 16.4. The third-order valence-corrected chi connectivity index (χ3v) is 8.65. The zero-order valence-corrected chi connectivity index (χ0v) is 14.5. The van der Waals surface area contributed by atoms with Gasteiger partial charge in [-0.15, -0.1) is 0 Å². The Balaban J connectivity index is 1.76. The molecule has 4 fully saturated rings. The average molecular weight is 318 g/mol. The van der Waals surface area contributed by atoms with Gasteiger partial charge in [0.15, 0.2) is 0 Å². The van der Waals surface area contributed by atoms with Crippen LogP contribution in [-0.2, 0) is 4.79 Å². The third-order valence-electron chi connectivity index (χ3n) is 8.65. The average Bonchev–Trinajstić information content (AvgIpc) is 2.63. The van der Waals surface area contributed by atoms with Gasteiger partial charge in [-0.1, -0.05) is 19.9 Å². The van der Waals surface area contributed by atoms with Crippen molar-refractivity contribution in [1.82, 2.24) is 0 Å². The van der Waals surface area contributed by atoms with Crippen molar-refractivity contribution in [3.05, 3.63) is 12.2 Å². The SMILES string of the molecule is C=C1C[C@@]23CC[C@@H]4C(C)(C(=O)O)CCCC4(C)C2CC[C@]1(O)C3. The monoisotopic (exact) mass is 318 g/mol. The first-order chi connectivity index (χ1) is 10.7. The topological polar surface area (TPSA) is 57.5 Å². The molecule has 3 nitrogen and oxygen atoms in total. The highest BCUT2D eigenvalue weighted by Gasteiger charge is 2.67. The molecule has 2 N–H and O–H groups in total. The van der Waals surface area contributed by atoms with Crippen LogP contribution in [0.3, 0.4) is 0 Å². The molecule has 2 bridgehead atoms. The van der Waals surface area contributed by atoms with Crippen LogP contribution in [0.1, 0.15) is 71.6 Å². The van der Waals surface area contributed by atoms with Crippen molar-refractivity contribution in [3.63, 3.8) is 0 Å². The molecule has 0 heterocycles. The van der Waals surface area contributed by atoms with Gasteiger partial charge in [0.2, 0.25) is 0 Å². The Morgan fingerprint density at radius 2 is 1.83 bits per heavy atom. The van der Waals surface area contributed by atoms with Gasteiger partial charge < -0.3 is 10.2 Å². The zero-order chi connectivity index (χ0) is 16.7. The lowest BCUT2D eigenvalue weighted by Gasteiger charge is -2.63. The summed E-state index contributed by atoms with van der Waals surface area (Å²) in [5, 5.41) is 20.8. The molecule has 0 saturated heterocycles. The maximum Gasteiger partial charge on any atom is 0.309 e. The van der Waals surface area contributed by atoms with Gasteiger partial charge in [-0.2, -0.15) is 0 Å². The normalized spacial score (nSPS) is 55.2. The van der Waals surface area contributed by atoms with E-state index in [1.165, 1.54) is 0 Å². The second kappa shape index (κ2) is 4.41. The smallest absolute Gasteiger partial charge is 0.309 e. The third kappa shape index (κ3) is 1.78. The van der Waals surface area contributed by atoms with Crippen LogP contribution in [0, 0.1) is 28.1 Å². The number of aliphatic hydroxyl groups is 1. The number of carbonyl (C=O) groups is 1. The molecular formula is C20H30O3. The van der Waals surface area contributed by atoms with Gasteiger partial charge in [0, 0.05) is 0 Å². The molecule has 4 aliphatic rings. The van der Waals surface area contributed by atoms with E-state index in [2.05, 4.69) is 13.5 Å². The number of hydrogen-bond acceptors (Lipinski definition) is 2. The number of rotatable bonds is 1. The van der Waals surface area contributed by atoms with E-state index < -0.39 is 17.0 Å². The highest BCUT2D eigenvalue weighted by Crippen LogP contribution is 2.72. The molecule has 0 amide bonds. The van der Waals surface area contributed by atoms with E-state index in [9.17, 15) is 15.0 Å². The maximum atomic E-state index is 12.0. The minimum Gasteiger partial charge on any atom is -0.481 e. The van der Waals surface area contributed by atoms with Crippen molar-refractivity contribution in [2.45, 2.75) is 77.2 Å². The van der Waals surface area contributed by atoms with Crippen LogP contribution in [0.5, 0.6) is 0 Å². The predicted octanol–water partition coefficient (Wildman–Crippen LogP) is 4.16. The van der Waals surface area contributed by atoms with Gasteiger partial charge in [-0.3, -0.25) is 4.79 Å². The van der Waals surface area contributed by atoms with E-state index in [1.54, 1.807) is 0 Å². The van der Waals surface area contributed by atoms with Crippen LogP contribution >= 0.6 is 0 Å². The lowest BCUT2D eigenvalue weighted by Crippen LogP contribution is -2.59. The summed E-state index contributed by atoms with van der Waals surface area (Å²) in [7, 11) is 0. The van der Waals surface area contributed by atoms with Gasteiger partial charge in [-0.05, 0) is 86.5 Å². The molecule has 0 aromatic rings. The Labute approximate surface area is 139 Å². The van der Waals surface area contributed by atoms with Gasteiger partial charge in [0.1, 0.15) is 0 Å². The van der Waals surface area contributed by atoms with Crippen molar-refractivity contribution in [3.8, 4) is 0 Å². The molecule has 4 rings (SSSR count). The molecule has 3 heteroatoms. The van der Waals surface area contributed by atoms with E-state index in [1.807, 2.05) is 6.92 Å². The number of aliphatic carboxylic acids is 1. The van der Waals surface area contributed by atoms with Crippen molar-refractivity contribution in [2.24, 2.45) is 28.1 Å². The minimum atomic E-state index is -0.634. The lowest BCUT2D eigenvalue weighted by molar-refractivity contribution is -0.186. The highest BCUT2D eigenvalue weighted by molar-refractivity contribution is 5.75. The molecule has 0 aromatic heterocycles. The largest absolute Gasteiger partial charge is 0.481 e. The maximum absolute atomic E-state index is 12.0. The van der Waals surface area contributed by atoms with Crippen LogP contribution in [0.2, 0.25) is 0 Å². The molecule has 6 atom stereocenters. The summed E-state index contributed by atoms with van der Waals surface area (Å²) in [5.74, 6) is 0.219.